The monoisotopic (exact) mass is 766 g/mol. The standard InChI is InChI=1S/C33H46N2O2.2BrH.Pd/c1-20(2)26-13-9-11-24(15-26)17-28-32(22(5)6)36-30(34-28)19-31-35-29(33(37-31)23(7)8)18-25-12-10-14-27(16-25)21(3)4;;;/h9-16,20-23,28-29,32-33H,17-19H2,1-8H3;2*1H;/q;;;+2/p-2/t28-,29-,32?,33?;;;/m1.../s1. The van der Waals surface area contributed by atoms with Crippen LogP contribution in [0.2, 0.25) is 0 Å². The zero-order chi connectivity index (χ0) is 26.7. The van der Waals surface area contributed by atoms with E-state index in [1.165, 1.54) is 22.3 Å². The molecule has 4 rings (SSSR count). The number of hydrogen-bond donors (Lipinski definition) is 0. The van der Waals surface area contributed by atoms with Crippen LogP contribution in [0.5, 0.6) is 0 Å². The predicted octanol–water partition coefficient (Wildman–Crippen LogP) is 1.76. The molecule has 2 aliphatic rings. The van der Waals surface area contributed by atoms with Gasteiger partial charge in [0.15, 0.2) is 11.8 Å². The molecule has 0 N–H and O–H groups in total. The number of benzene rings is 2. The summed E-state index contributed by atoms with van der Waals surface area (Å²) >= 11 is 0. The molecule has 0 aromatic heterocycles. The molecule has 40 heavy (non-hydrogen) atoms. The van der Waals surface area contributed by atoms with E-state index >= 15 is 0 Å². The topological polar surface area (TPSA) is 43.2 Å². The number of rotatable bonds is 10. The molecule has 0 fully saturated rings. The van der Waals surface area contributed by atoms with E-state index in [4.69, 9.17) is 19.5 Å². The average molecular weight is 769 g/mol. The van der Waals surface area contributed by atoms with Crippen LogP contribution in [-0.2, 0) is 42.7 Å². The van der Waals surface area contributed by atoms with Crippen molar-refractivity contribution in [2.45, 2.75) is 111 Å². The largest absolute Gasteiger partial charge is 2.00 e. The Morgan fingerprint density at radius 2 is 1.00 bits per heavy atom. The SMILES string of the molecule is CC(C)c1cccc(C[C@H]2N=C(CC3=N[C@H](Cc4cccc(C(C)C)c4)C(C(C)C)O3)OC2C(C)C)c1.[Br-].[Br-].[Pd+2]. The first-order valence-electron chi connectivity index (χ1n) is 14.2. The molecule has 0 saturated heterocycles. The van der Waals surface area contributed by atoms with E-state index in [1.807, 2.05) is 0 Å². The van der Waals surface area contributed by atoms with Crippen molar-refractivity contribution in [2.24, 2.45) is 21.8 Å². The van der Waals surface area contributed by atoms with Crippen molar-refractivity contribution in [3.8, 4) is 0 Å². The van der Waals surface area contributed by atoms with Crippen LogP contribution in [0.15, 0.2) is 58.5 Å². The van der Waals surface area contributed by atoms with E-state index in [0.717, 1.165) is 24.6 Å². The van der Waals surface area contributed by atoms with Crippen LogP contribution in [0.3, 0.4) is 0 Å². The summed E-state index contributed by atoms with van der Waals surface area (Å²) in [5.74, 6) is 3.35. The first-order valence-corrected chi connectivity index (χ1v) is 14.2. The zero-order valence-electron chi connectivity index (χ0n) is 25.1. The molecule has 2 heterocycles. The minimum atomic E-state index is 0. The van der Waals surface area contributed by atoms with Gasteiger partial charge in [0.1, 0.15) is 12.2 Å². The van der Waals surface area contributed by atoms with Crippen molar-refractivity contribution in [1.82, 2.24) is 0 Å². The Hall–Kier alpha value is -0.998. The molecule has 224 valence electrons. The maximum Gasteiger partial charge on any atom is 2.00 e. The van der Waals surface area contributed by atoms with Gasteiger partial charge in [0.2, 0.25) is 0 Å². The predicted molar refractivity (Wildman–Crippen MR) is 155 cm³/mol. The molecule has 7 heteroatoms. The molecular formula is C33H46Br2N2O2Pd. The molecule has 0 amide bonds. The van der Waals surface area contributed by atoms with E-state index in [1.54, 1.807) is 0 Å². The smallest absolute Gasteiger partial charge is 1.00 e. The summed E-state index contributed by atoms with van der Waals surface area (Å²) < 4.78 is 12.9. The van der Waals surface area contributed by atoms with Gasteiger partial charge in [0.25, 0.3) is 0 Å². The van der Waals surface area contributed by atoms with Crippen LogP contribution >= 0.6 is 0 Å². The van der Waals surface area contributed by atoms with Crippen molar-refractivity contribution in [1.29, 1.82) is 0 Å². The molecule has 4 atom stereocenters. The fourth-order valence-corrected chi connectivity index (χ4v) is 5.48. The molecule has 0 aliphatic carbocycles. The molecule has 0 spiro atoms. The van der Waals surface area contributed by atoms with Gasteiger partial charge >= 0.3 is 20.4 Å². The molecule has 2 unspecified atom stereocenters. The van der Waals surface area contributed by atoms with Gasteiger partial charge in [-0.05, 0) is 58.8 Å². The second kappa shape index (κ2) is 16.6. The van der Waals surface area contributed by atoms with Gasteiger partial charge in [-0.2, -0.15) is 0 Å². The molecule has 0 radical (unpaired) electrons. The quantitative estimate of drug-likeness (QED) is 0.347. The minimum Gasteiger partial charge on any atom is -1.00 e. The number of hydrogen-bond acceptors (Lipinski definition) is 4. The van der Waals surface area contributed by atoms with Crippen molar-refractivity contribution in [2.75, 3.05) is 0 Å². The summed E-state index contributed by atoms with van der Waals surface area (Å²) in [4.78, 5) is 10.1. The number of nitrogens with zero attached hydrogens (tertiary/aromatic N) is 2. The molecule has 0 bridgehead atoms. The summed E-state index contributed by atoms with van der Waals surface area (Å²) in [6.45, 7) is 17.9. The van der Waals surface area contributed by atoms with Crippen LogP contribution < -0.4 is 34.0 Å². The molecule has 2 aromatic rings. The van der Waals surface area contributed by atoms with Gasteiger partial charge < -0.3 is 43.4 Å². The Kier molecular flexibility index (Phi) is 15.4. The first kappa shape index (κ1) is 37.0. The minimum absolute atomic E-state index is 0. The summed E-state index contributed by atoms with van der Waals surface area (Å²) in [6.07, 6.45) is 2.48. The van der Waals surface area contributed by atoms with Gasteiger partial charge in [-0.1, -0.05) is 104 Å². The van der Waals surface area contributed by atoms with Crippen LogP contribution in [0.25, 0.3) is 0 Å². The van der Waals surface area contributed by atoms with Gasteiger partial charge in [-0.3, -0.25) is 0 Å². The average Bonchev–Trinajstić information content (AvgIpc) is 3.43. The Morgan fingerprint density at radius 1 is 0.625 bits per heavy atom. The normalized spacial score (nSPS) is 21.8. The first-order chi connectivity index (χ1) is 17.6. The number of halogens is 2. The van der Waals surface area contributed by atoms with Gasteiger partial charge in [0, 0.05) is 0 Å². The molecule has 2 aliphatic heterocycles. The van der Waals surface area contributed by atoms with E-state index in [9.17, 15) is 0 Å². The Balaban J connectivity index is 0.00000267. The van der Waals surface area contributed by atoms with Crippen molar-refractivity contribution in [3.05, 3.63) is 70.8 Å². The van der Waals surface area contributed by atoms with E-state index in [0.29, 0.717) is 30.1 Å². The van der Waals surface area contributed by atoms with Gasteiger partial charge in [0.05, 0.1) is 18.5 Å². The van der Waals surface area contributed by atoms with Gasteiger partial charge in [-0.25, -0.2) is 9.98 Å². The van der Waals surface area contributed by atoms with Gasteiger partial charge in [-0.15, -0.1) is 0 Å². The third-order valence-electron chi connectivity index (χ3n) is 7.66. The number of ether oxygens (including phenoxy) is 2. The van der Waals surface area contributed by atoms with E-state index < -0.39 is 0 Å². The van der Waals surface area contributed by atoms with Crippen molar-refractivity contribution < 1.29 is 63.9 Å². The fourth-order valence-electron chi connectivity index (χ4n) is 5.48. The summed E-state index contributed by atoms with van der Waals surface area (Å²) in [5.41, 5.74) is 5.40. The van der Waals surface area contributed by atoms with Crippen LogP contribution in [-0.4, -0.2) is 36.1 Å². The maximum absolute atomic E-state index is 6.43. The molecule has 4 nitrogen and oxygen atoms in total. The second-order valence-electron chi connectivity index (χ2n) is 12.2. The third kappa shape index (κ3) is 9.51. The zero-order valence-corrected chi connectivity index (χ0v) is 29.9. The van der Waals surface area contributed by atoms with Crippen LogP contribution in [0.4, 0.5) is 0 Å². The second-order valence-corrected chi connectivity index (χ2v) is 12.2. The van der Waals surface area contributed by atoms with E-state index in [-0.39, 0.29) is 78.7 Å². The summed E-state index contributed by atoms with van der Waals surface area (Å²) in [5, 5.41) is 0. The third-order valence-corrected chi connectivity index (χ3v) is 7.66. The Morgan fingerprint density at radius 3 is 1.32 bits per heavy atom. The number of aliphatic imine (C=N–C) groups is 2. The summed E-state index contributed by atoms with van der Waals surface area (Å²) in [7, 11) is 0. The van der Waals surface area contributed by atoms with Crippen molar-refractivity contribution in [3.63, 3.8) is 0 Å². The Bertz CT molecular complexity index is 1050. The van der Waals surface area contributed by atoms with Crippen molar-refractivity contribution >= 4 is 11.8 Å². The molecule has 2 aromatic carbocycles. The summed E-state index contributed by atoms with van der Waals surface area (Å²) in [6, 6.07) is 18.1. The van der Waals surface area contributed by atoms with E-state index in [2.05, 4.69) is 104 Å². The maximum atomic E-state index is 6.43. The fraction of sp³-hybridized carbons (Fsp3) is 0.576. The Labute approximate surface area is 277 Å². The van der Waals surface area contributed by atoms with Crippen LogP contribution in [0, 0.1) is 11.8 Å². The molecular weight excluding hydrogens is 723 g/mol. The van der Waals surface area contributed by atoms with Crippen LogP contribution in [0.1, 0.15) is 95.9 Å². The molecule has 0 saturated carbocycles.